The van der Waals surface area contributed by atoms with Gasteiger partial charge in [-0.3, -0.25) is 0 Å². The van der Waals surface area contributed by atoms with Crippen LogP contribution in [0.1, 0.15) is 18.4 Å². The van der Waals surface area contributed by atoms with Crippen molar-refractivity contribution in [1.82, 2.24) is 0 Å². The Balaban J connectivity index is 2.30. The molecule has 84 valence electrons. The summed E-state index contributed by atoms with van der Waals surface area (Å²) in [7, 11) is -0.828. The fourth-order valence-corrected chi connectivity index (χ4v) is 3.28. The summed E-state index contributed by atoms with van der Waals surface area (Å²) >= 11 is 4.47. The zero-order chi connectivity index (χ0) is 11.3. The molecule has 0 aromatic heterocycles. The van der Waals surface area contributed by atoms with Crippen LogP contribution >= 0.6 is 12.6 Å². The van der Waals surface area contributed by atoms with E-state index in [0.29, 0.717) is 0 Å². The number of rotatable bonds is 5. The van der Waals surface area contributed by atoms with Gasteiger partial charge >= 0.3 is 0 Å². The first-order chi connectivity index (χ1) is 6.99. The van der Waals surface area contributed by atoms with Gasteiger partial charge in [0.2, 0.25) is 0 Å². The van der Waals surface area contributed by atoms with Crippen molar-refractivity contribution in [2.45, 2.75) is 49.8 Å². The van der Waals surface area contributed by atoms with Gasteiger partial charge in [-0.2, -0.15) is 0 Å². The Morgan fingerprint density at radius 3 is 2.33 bits per heavy atom. The van der Waals surface area contributed by atoms with Gasteiger partial charge < -0.3 is 0 Å². The summed E-state index contributed by atoms with van der Waals surface area (Å²) in [6.45, 7) is 7.33. The molecular weight excluding hydrogens is 216 g/mol. The Morgan fingerprint density at radius 2 is 1.73 bits per heavy atom. The van der Waals surface area contributed by atoms with Crippen LogP contribution in [0.4, 0.5) is 0 Å². The van der Waals surface area contributed by atoms with Crippen molar-refractivity contribution in [2.24, 2.45) is 0 Å². The van der Waals surface area contributed by atoms with Gasteiger partial charge in [-0.25, -0.2) is 0 Å². The molecule has 0 amide bonds. The van der Waals surface area contributed by atoms with E-state index in [2.05, 4.69) is 50.5 Å². The highest BCUT2D eigenvalue weighted by Gasteiger charge is 2.11. The number of benzene rings is 1. The van der Waals surface area contributed by atoms with Gasteiger partial charge in [-0.1, -0.05) is 50.3 Å². The molecule has 0 fully saturated rings. The molecule has 1 aromatic carbocycles. The molecule has 0 aliphatic carbocycles. The number of hydrogen-bond donors (Lipinski definition) is 1. The molecule has 2 heteroatoms. The molecule has 0 atom stereocenters. The van der Waals surface area contributed by atoms with E-state index in [1.165, 1.54) is 30.9 Å². The summed E-state index contributed by atoms with van der Waals surface area (Å²) in [6.07, 6.45) is 3.86. The minimum absolute atomic E-state index is 0.828. The smallest absolute Gasteiger partial charge is 0.0442 e. The highest BCUT2D eigenvalue weighted by Crippen LogP contribution is 2.18. The van der Waals surface area contributed by atoms with Crippen LogP contribution in [0.2, 0.25) is 25.7 Å². The number of aryl methyl sites for hydroxylation is 1. The van der Waals surface area contributed by atoms with E-state index >= 15 is 0 Å². The van der Waals surface area contributed by atoms with Gasteiger partial charge in [0.25, 0.3) is 0 Å². The molecule has 0 aliphatic rings. The molecule has 15 heavy (non-hydrogen) atoms. The van der Waals surface area contributed by atoms with Crippen molar-refractivity contribution < 1.29 is 0 Å². The molecule has 0 spiro atoms. The molecule has 0 nitrogen and oxygen atoms in total. The Hall–Kier alpha value is -0.213. The Morgan fingerprint density at radius 1 is 1.07 bits per heavy atom. The van der Waals surface area contributed by atoms with E-state index in [1.54, 1.807) is 0 Å². The van der Waals surface area contributed by atoms with Crippen LogP contribution in [0.3, 0.4) is 0 Å². The molecule has 0 saturated carbocycles. The minimum Gasteiger partial charge on any atom is -0.143 e. The van der Waals surface area contributed by atoms with Crippen LogP contribution in [0.25, 0.3) is 0 Å². The maximum Gasteiger partial charge on any atom is 0.0442 e. The lowest BCUT2D eigenvalue weighted by atomic mass is 10.1. The second-order valence-electron chi connectivity index (χ2n) is 5.40. The largest absolute Gasteiger partial charge is 0.143 e. The third-order valence-electron chi connectivity index (χ3n) is 2.61. The molecule has 0 heterocycles. The van der Waals surface area contributed by atoms with Crippen molar-refractivity contribution >= 4 is 20.7 Å². The predicted molar refractivity (Wildman–Crippen MR) is 74.8 cm³/mol. The summed E-state index contributed by atoms with van der Waals surface area (Å²) in [5.41, 5.74) is 1.40. The van der Waals surface area contributed by atoms with Gasteiger partial charge in [-0.15, -0.1) is 12.6 Å². The normalized spacial score (nSPS) is 11.7. The Bertz CT molecular complexity index is 302. The maximum absolute atomic E-state index is 4.47. The quantitative estimate of drug-likeness (QED) is 0.431. The van der Waals surface area contributed by atoms with Gasteiger partial charge in [0.15, 0.2) is 0 Å². The van der Waals surface area contributed by atoms with Gasteiger partial charge in [0.05, 0.1) is 0 Å². The van der Waals surface area contributed by atoms with E-state index in [-0.39, 0.29) is 0 Å². The molecule has 1 rings (SSSR count). The second-order valence-corrected chi connectivity index (χ2v) is 11.5. The van der Waals surface area contributed by atoms with Crippen molar-refractivity contribution in [3.05, 3.63) is 29.8 Å². The molecule has 1 aromatic rings. The van der Waals surface area contributed by atoms with Crippen molar-refractivity contribution in [3.8, 4) is 0 Å². The first-order valence-corrected chi connectivity index (χ1v) is 9.91. The van der Waals surface area contributed by atoms with E-state index in [0.717, 1.165) is 4.90 Å². The highest BCUT2D eigenvalue weighted by molar-refractivity contribution is 7.80. The SMILES string of the molecule is C[Si](C)(C)CCCCc1ccccc1S. The van der Waals surface area contributed by atoms with Crippen molar-refractivity contribution in [3.63, 3.8) is 0 Å². The van der Waals surface area contributed by atoms with Crippen molar-refractivity contribution in [1.29, 1.82) is 0 Å². The van der Waals surface area contributed by atoms with Crippen LogP contribution < -0.4 is 0 Å². The third-order valence-corrected chi connectivity index (χ3v) is 4.90. The molecule has 0 unspecified atom stereocenters. The van der Waals surface area contributed by atoms with Gasteiger partial charge in [0.1, 0.15) is 0 Å². The van der Waals surface area contributed by atoms with Crippen LogP contribution in [-0.2, 0) is 6.42 Å². The summed E-state index contributed by atoms with van der Waals surface area (Å²) in [4.78, 5) is 1.14. The van der Waals surface area contributed by atoms with Gasteiger partial charge in [0, 0.05) is 13.0 Å². The molecule has 0 N–H and O–H groups in total. The maximum atomic E-state index is 4.47. The lowest BCUT2D eigenvalue weighted by Gasteiger charge is -2.15. The topological polar surface area (TPSA) is 0 Å². The average molecular weight is 238 g/mol. The van der Waals surface area contributed by atoms with Gasteiger partial charge in [-0.05, 0) is 24.5 Å². The fraction of sp³-hybridized carbons (Fsp3) is 0.538. The monoisotopic (exact) mass is 238 g/mol. The van der Waals surface area contributed by atoms with E-state index < -0.39 is 8.07 Å². The highest BCUT2D eigenvalue weighted by atomic mass is 32.1. The molecule has 0 radical (unpaired) electrons. The summed E-state index contributed by atoms with van der Waals surface area (Å²) < 4.78 is 0. The lowest BCUT2D eigenvalue weighted by molar-refractivity contribution is 0.776. The second kappa shape index (κ2) is 5.76. The van der Waals surface area contributed by atoms with E-state index in [9.17, 15) is 0 Å². The molecule has 0 aliphatic heterocycles. The summed E-state index contributed by atoms with van der Waals surface area (Å²) in [6, 6.07) is 9.87. The first-order valence-electron chi connectivity index (χ1n) is 5.76. The third kappa shape index (κ3) is 5.43. The minimum atomic E-state index is -0.828. The zero-order valence-corrected chi connectivity index (χ0v) is 12.0. The zero-order valence-electron chi connectivity index (χ0n) is 10.1. The summed E-state index contributed by atoms with van der Waals surface area (Å²) in [5, 5.41) is 0. The molecule has 0 saturated heterocycles. The lowest BCUT2D eigenvalue weighted by Crippen LogP contribution is -2.18. The van der Waals surface area contributed by atoms with Crippen LogP contribution in [-0.4, -0.2) is 8.07 Å². The Kier molecular flexibility index (Phi) is 4.93. The summed E-state index contributed by atoms with van der Waals surface area (Å²) in [5.74, 6) is 0. The molecule has 0 bridgehead atoms. The Labute approximate surface area is 101 Å². The van der Waals surface area contributed by atoms with Crippen LogP contribution in [0.5, 0.6) is 0 Å². The van der Waals surface area contributed by atoms with E-state index in [4.69, 9.17) is 0 Å². The van der Waals surface area contributed by atoms with Crippen LogP contribution in [0.15, 0.2) is 29.2 Å². The predicted octanol–water partition coefficient (Wildman–Crippen LogP) is 4.64. The van der Waals surface area contributed by atoms with E-state index in [1.807, 2.05) is 6.07 Å². The molecular formula is C13H22SSi. The fourth-order valence-electron chi connectivity index (χ4n) is 1.69. The number of hydrogen-bond acceptors (Lipinski definition) is 1. The standard InChI is InChI=1S/C13H22SSi/c1-15(2,3)11-7-6-9-12-8-4-5-10-13(12)14/h4-5,8,10,14H,6-7,9,11H2,1-3H3. The van der Waals surface area contributed by atoms with Crippen molar-refractivity contribution in [2.75, 3.05) is 0 Å². The average Bonchev–Trinajstić information content (AvgIpc) is 2.13. The van der Waals surface area contributed by atoms with Crippen LogP contribution in [0, 0.1) is 0 Å². The number of thiol groups is 1. The number of unbranched alkanes of at least 4 members (excludes halogenated alkanes) is 1. The first kappa shape index (κ1) is 12.9.